The van der Waals surface area contributed by atoms with E-state index in [1.807, 2.05) is 0 Å². The van der Waals surface area contributed by atoms with E-state index in [0.717, 1.165) is 4.52 Å². The molecule has 10 nitrogen and oxygen atoms in total. The molecule has 192 valence electrons. The fourth-order valence-electron chi connectivity index (χ4n) is 4.20. The number of halogens is 3. The van der Waals surface area contributed by atoms with E-state index >= 15 is 0 Å². The van der Waals surface area contributed by atoms with Crippen molar-refractivity contribution in [3.63, 3.8) is 0 Å². The maximum Gasteiger partial charge on any atom is 0.435 e. The molecule has 0 unspecified atom stereocenters. The highest BCUT2D eigenvalue weighted by Gasteiger charge is 2.38. The van der Waals surface area contributed by atoms with Crippen LogP contribution in [0.2, 0.25) is 0 Å². The van der Waals surface area contributed by atoms with Crippen LogP contribution in [0.25, 0.3) is 5.52 Å². The normalized spacial score (nSPS) is 15.6. The zero-order valence-electron chi connectivity index (χ0n) is 19.0. The van der Waals surface area contributed by atoms with E-state index < -0.39 is 36.3 Å². The summed E-state index contributed by atoms with van der Waals surface area (Å²) in [6, 6.07) is 8.08. The molecule has 0 aliphatic carbocycles. The first-order valence-electron chi connectivity index (χ1n) is 11.0. The molecule has 0 saturated carbocycles. The number of hydrogen-bond acceptors (Lipinski definition) is 7. The molecule has 3 heterocycles. The standard InChI is InChI=1S/C23H24F3N5O5/c24-23(25,26)20-17(18-3-1-2-6-31(18)28-20)13-36-15-4-5-16(21(27)32)14(11-15)12-19(22(33)29-34)30-7-9-35-10-8-30/h1-6,11,19,34H,7-10,12-13H2,(H2,27,32)(H,29,33)/t19-/m0/s1. The van der Waals surface area contributed by atoms with E-state index in [2.05, 4.69) is 5.10 Å². The van der Waals surface area contributed by atoms with Gasteiger partial charge in [0.15, 0.2) is 5.69 Å². The Hall–Kier alpha value is -3.68. The molecule has 3 aromatic rings. The Balaban J connectivity index is 1.63. The molecule has 36 heavy (non-hydrogen) atoms. The van der Waals surface area contributed by atoms with Crippen LogP contribution in [-0.4, -0.2) is 63.9 Å². The average Bonchev–Trinajstić information content (AvgIpc) is 3.25. The zero-order valence-corrected chi connectivity index (χ0v) is 19.0. The third-order valence-electron chi connectivity index (χ3n) is 5.95. The summed E-state index contributed by atoms with van der Waals surface area (Å²) in [6.07, 6.45) is -3.28. The highest BCUT2D eigenvalue weighted by Crippen LogP contribution is 2.33. The zero-order chi connectivity index (χ0) is 25.9. The lowest BCUT2D eigenvalue weighted by Gasteiger charge is -2.33. The number of aromatic nitrogens is 2. The minimum Gasteiger partial charge on any atom is -0.489 e. The predicted molar refractivity (Wildman–Crippen MR) is 119 cm³/mol. The van der Waals surface area contributed by atoms with Gasteiger partial charge in [-0.1, -0.05) is 6.07 Å². The molecule has 1 saturated heterocycles. The van der Waals surface area contributed by atoms with Crippen molar-refractivity contribution in [1.29, 1.82) is 0 Å². The Morgan fingerprint density at radius 2 is 1.97 bits per heavy atom. The number of pyridine rings is 1. The highest BCUT2D eigenvalue weighted by atomic mass is 19.4. The minimum absolute atomic E-state index is 0.00756. The van der Waals surface area contributed by atoms with Gasteiger partial charge in [0, 0.05) is 30.4 Å². The monoisotopic (exact) mass is 507 g/mol. The number of rotatable bonds is 8. The molecular weight excluding hydrogens is 483 g/mol. The first kappa shape index (κ1) is 25.4. The number of fused-ring (bicyclic) bond motifs is 1. The Bertz CT molecular complexity index is 1260. The van der Waals surface area contributed by atoms with E-state index in [1.165, 1.54) is 30.5 Å². The summed E-state index contributed by atoms with van der Waals surface area (Å²) in [5, 5.41) is 12.9. The summed E-state index contributed by atoms with van der Waals surface area (Å²) in [7, 11) is 0. The Morgan fingerprint density at radius 3 is 2.64 bits per heavy atom. The van der Waals surface area contributed by atoms with Crippen molar-refractivity contribution < 1.29 is 37.4 Å². The van der Waals surface area contributed by atoms with Crippen LogP contribution >= 0.6 is 0 Å². The van der Waals surface area contributed by atoms with Crippen molar-refractivity contribution in [3.8, 4) is 5.75 Å². The second-order valence-corrected chi connectivity index (χ2v) is 8.17. The number of carbonyl (C=O) groups is 2. The molecule has 1 aliphatic heterocycles. The van der Waals surface area contributed by atoms with Gasteiger partial charge in [0.1, 0.15) is 12.4 Å². The molecule has 2 aromatic heterocycles. The number of alkyl halides is 3. The van der Waals surface area contributed by atoms with Crippen LogP contribution in [-0.2, 0) is 28.7 Å². The summed E-state index contributed by atoms with van der Waals surface area (Å²) in [5.74, 6) is -1.26. The van der Waals surface area contributed by atoms with Crippen LogP contribution in [0.4, 0.5) is 13.2 Å². The molecule has 0 radical (unpaired) electrons. The van der Waals surface area contributed by atoms with E-state index in [1.54, 1.807) is 22.5 Å². The number of carbonyl (C=O) groups excluding carboxylic acids is 2. The van der Waals surface area contributed by atoms with Crippen LogP contribution in [0.1, 0.15) is 27.2 Å². The topological polar surface area (TPSA) is 131 Å². The number of benzene rings is 1. The third-order valence-corrected chi connectivity index (χ3v) is 5.95. The number of hydroxylamine groups is 1. The molecule has 13 heteroatoms. The van der Waals surface area contributed by atoms with Gasteiger partial charge < -0.3 is 15.2 Å². The van der Waals surface area contributed by atoms with Crippen molar-refractivity contribution in [2.75, 3.05) is 26.3 Å². The van der Waals surface area contributed by atoms with E-state index in [0.29, 0.717) is 31.9 Å². The number of ether oxygens (including phenoxy) is 2. The Labute approximate surface area is 203 Å². The second-order valence-electron chi connectivity index (χ2n) is 8.17. The highest BCUT2D eigenvalue weighted by molar-refractivity contribution is 5.95. The maximum atomic E-state index is 13.6. The molecular formula is C23H24F3N5O5. The summed E-state index contributed by atoms with van der Waals surface area (Å²) < 4.78 is 52.9. The lowest BCUT2D eigenvalue weighted by Crippen LogP contribution is -2.51. The molecule has 1 atom stereocenters. The first-order valence-corrected chi connectivity index (χ1v) is 11.0. The average molecular weight is 507 g/mol. The fraction of sp³-hybridized carbons (Fsp3) is 0.348. The summed E-state index contributed by atoms with van der Waals surface area (Å²) >= 11 is 0. The lowest BCUT2D eigenvalue weighted by molar-refractivity contribution is -0.142. The van der Waals surface area contributed by atoms with E-state index in [-0.39, 0.29) is 28.8 Å². The molecule has 1 aliphatic rings. The number of amides is 2. The van der Waals surface area contributed by atoms with Crippen molar-refractivity contribution >= 4 is 17.3 Å². The summed E-state index contributed by atoms with van der Waals surface area (Å²) in [6.45, 7) is 1.19. The largest absolute Gasteiger partial charge is 0.489 e. The second kappa shape index (κ2) is 10.5. The third kappa shape index (κ3) is 5.42. The van der Waals surface area contributed by atoms with Gasteiger partial charge in [0.05, 0.1) is 24.8 Å². The smallest absolute Gasteiger partial charge is 0.435 e. The molecule has 2 amide bonds. The van der Waals surface area contributed by atoms with Crippen LogP contribution in [0.5, 0.6) is 5.75 Å². The van der Waals surface area contributed by atoms with Crippen LogP contribution < -0.4 is 16.0 Å². The predicted octanol–water partition coefficient (Wildman–Crippen LogP) is 1.78. The number of hydrogen-bond donors (Lipinski definition) is 3. The van der Waals surface area contributed by atoms with Crippen LogP contribution in [0.15, 0.2) is 42.6 Å². The molecule has 0 bridgehead atoms. The van der Waals surface area contributed by atoms with Crippen molar-refractivity contribution in [3.05, 3.63) is 65.0 Å². The van der Waals surface area contributed by atoms with Crippen LogP contribution in [0, 0.1) is 0 Å². The van der Waals surface area contributed by atoms with Gasteiger partial charge in [-0.3, -0.25) is 19.7 Å². The van der Waals surface area contributed by atoms with Crippen molar-refractivity contribution in [1.82, 2.24) is 20.0 Å². The lowest BCUT2D eigenvalue weighted by atomic mass is 9.97. The van der Waals surface area contributed by atoms with Gasteiger partial charge in [-0.2, -0.15) is 18.3 Å². The minimum atomic E-state index is -4.69. The van der Waals surface area contributed by atoms with Gasteiger partial charge in [-0.15, -0.1) is 0 Å². The Kier molecular flexibility index (Phi) is 7.43. The van der Waals surface area contributed by atoms with E-state index in [4.69, 9.17) is 15.2 Å². The van der Waals surface area contributed by atoms with Gasteiger partial charge in [-0.25, -0.2) is 10.00 Å². The Morgan fingerprint density at radius 1 is 1.22 bits per heavy atom. The molecule has 0 spiro atoms. The summed E-state index contributed by atoms with van der Waals surface area (Å²) in [4.78, 5) is 26.2. The number of nitrogens with two attached hydrogens (primary N) is 1. The van der Waals surface area contributed by atoms with Crippen LogP contribution in [0.3, 0.4) is 0 Å². The van der Waals surface area contributed by atoms with E-state index in [9.17, 15) is 28.0 Å². The van der Waals surface area contributed by atoms with Crippen molar-refractivity contribution in [2.45, 2.75) is 25.2 Å². The number of morpholine rings is 1. The van der Waals surface area contributed by atoms with Gasteiger partial charge in [-0.05, 0) is 42.3 Å². The molecule has 1 fully saturated rings. The van der Waals surface area contributed by atoms with Crippen molar-refractivity contribution in [2.24, 2.45) is 5.73 Å². The van der Waals surface area contributed by atoms with Gasteiger partial charge in [0.25, 0.3) is 5.91 Å². The molecule has 4 N–H and O–H groups in total. The molecule has 1 aromatic carbocycles. The number of nitrogens with one attached hydrogen (secondary N) is 1. The number of primary amides is 1. The number of nitrogens with zero attached hydrogens (tertiary/aromatic N) is 3. The quantitative estimate of drug-likeness (QED) is 0.313. The SMILES string of the molecule is NC(=O)c1ccc(OCc2c(C(F)(F)F)nn3ccccc23)cc1C[C@@H](C(=O)NO)N1CCOCC1. The maximum absolute atomic E-state index is 13.6. The first-order chi connectivity index (χ1) is 17.2. The van der Waals surface area contributed by atoms with Gasteiger partial charge in [0.2, 0.25) is 5.91 Å². The molecule has 4 rings (SSSR count). The summed E-state index contributed by atoms with van der Waals surface area (Å²) in [5.41, 5.74) is 6.66. The van der Waals surface area contributed by atoms with Gasteiger partial charge >= 0.3 is 6.18 Å². The fourth-order valence-corrected chi connectivity index (χ4v) is 4.20.